The van der Waals surface area contributed by atoms with Crippen molar-refractivity contribution in [3.05, 3.63) is 52.8 Å². The van der Waals surface area contributed by atoms with Crippen LogP contribution in [0.3, 0.4) is 0 Å². The molecular formula is C10H9BrN4. The molecule has 2 aromatic rings. The van der Waals surface area contributed by atoms with Crippen LogP contribution < -0.4 is 5.73 Å². The second kappa shape index (κ2) is 4.46. The molecule has 0 aromatic carbocycles. The Hall–Kier alpha value is -1.33. The highest BCUT2D eigenvalue weighted by Crippen LogP contribution is 2.18. The van der Waals surface area contributed by atoms with Crippen LogP contribution in [0.5, 0.6) is 0 Å². The summed E-state index contributed by atoms with van der Waals surface area (Å²) in [5, 5.41) is 0. The van der Waals surface area contributed by atoms with Gasteiger partial charge in [-0.1, -0.05) is 0 Å². The summed E-state index contributed by atoms with van der Waals surface area (Å²) in [5.74, 6) is 0. The van der Waals surface area contributed by atoms with Crippen molar-refractivity contribution in [3.63, 3.8) is 0 Å². The molecule has 15 heavy (non-hydrogen) atoms. The largest absolute Gasteiger partial charge is 0.319 e. The molecule has 5 heteroatoms. The summed E-state index contributed by atoms with van der Waals surface area (Å²) >= 11 is 3.35. The van der Waals surface area contributed by atoms with Gasteiger partial charge in [-0.05, 0) is 27.6 Å². The van der Waals surface area contributed by atoms with Crippen LogP contribution in [-0.2, 0) is 0 Å². The third-order valence-electron chi connectivity index (χ3n) is 1.99. The molecule has 0 amide bonds. The van der Waals surface area contributed by atoms with E-state index in [2.05, 4.69) is 30.9 Å². The Kier molecular flexibility index (Phi) is 3.03. The van der Waals surface area contributed by atoms with E-state index in [1.807, 2.05) is 6.07 Å². The molecule has 0 spiro atoms. The Morgan fingerprint density at radius 3 is 2.67 bits per heavy atom. The van der Waals surface area contributed by atoms with Gasteiger partial charge in [0.05, 0.1) is 17.9 Å². The highest BCUT2D eigenvalue weighted by Gasteiger charge is 2.10. The molecule has 2 rings (SSSR count). The lowest BCUT2D eigenvalue weighted by molar-refractivity contribution is 0.811. The van der Waals surface area contributed by atoms with E-state index in [9.17, 15) is 0 Å². The van der Waals surface area contributed by atoms with Crippen molar-refractivity contribution in [1.29, 1.82) is 0 Å². The summed E-state index contributed by atoms with van der Waals surface area (Å²) in [6.07, 6.45) is 8.35. The molecule has 0 saturated heterocycles. The zero-order valence-electron chi connectivity index (χ0n) is 7.84. The van der Waals surface area contributed by atoms with Crippen molar-refractivity contribution >= 4 is 15.9 Å². The number of pyridine rings is 1. The minimum Gasteiger partial charge on any atom is -0.319 e. The van der Waals surface area contributed by atoms with Gasteiger partial charge in [-0.15, -0.1) is 0 Å². The van der Waals surface area contributed by atoms with Crippen molar-refractivity contribution in [2.24, 2.45) is 5.73 Å². The number of halogens is 1. The molecule has 1 unspecified atom stereocenters. The van der Waals surface area contributed by atoms with Crippen molar-refractivity contribution in [1.82, 2.24) is 15.0 Å². The lowest BCUT2D eigenvalue weighted by Crippen LogP contribution is -2.13. The van der Waals surface area contributed by atoms with Gasteiger partial charge < -0.3 is 5.73 Å². The average Bonchev–Trinajstić information content (AvgIpc) is 2.29. The highest BCUT2D eigenvalue weighted by atomic mass is 79.9. The second-order valence-corrected chi connectivity index (χ2v) is 3.96. The normalized spacial score (nSPS) is 12.4. The maximum atomic E-state index is 6.02. The predicted molar refractivity (Wildman–Crippen MR) is 60.0 cm³/mol. The van der Waals surface area contributed by atoms with Crippen LogP contribution in [0, 0.1) is 0 Å². The summed E-state index contributed by atoms with van der Waals surface area (Å²) in [4.78, 5) is 12.2. The van der Waals surface area contributed by atoms with Gasteiger partial charge in [0.25, 0.3) is 0 Å². The monoisotopic (exact) mass is 264 g/mol. The van der Waals surface area contributed by atoms with E-state index in [1.165, 1.54) is 0 Å². The first-order valence-electron chi connectivity index (χ1n) is 4.39. The first kappa shape index (κ1) is 10.2. The zero-order valence-corrected chi connectivity index (χ0v) is 9.42. The lowest BCUT2D eigenvalue weighted by atomic mass is 10.1. The molecule has 2 N–H and O–H groups in total. The van der Waals surface area contributed by atoms with E-state index >= 15 is 0 Å². The minimum absolute atomic E-state index is 0.288. The number of nitrogens with zero attached hydrogens (tertiary/aromatic N) is 3. The number of rotatable bonds is 2. The van der Waals surface area contributed by atoms with Gasteiger partial charge in [-0.2, -0.15) is 0 Å². The maximum absolute atomic E-state index is 6.02. The highest BCUT2D eigenvalue weighted by molar-refractivity contribution is 9.10. The Balaban J connectivity index is 2.32. The molecule has 0 radical (unpaired) electrons. The van der Waals surface area contributed by atoms with Crippen LogP contribution in [0.15, 0.2) is 41.5 Å². The smallest absolute Gasteiger partial charge is 0.0799 e. The first-order chi connectivity index (χ1) is 7.27. The van der Waals surface area contributed by atoms with Gasteiger partial charge in [0.1, 0.15) is 0 Å². The predicted octanol–water partition coefficient (Wildman–Crippen LogP) is 1.68. The molecule has 2 aromatic heterocycles. The Morgan fingerprint density at radius 1 is 1.13 bits per heavy atom. The molecule has 1 atom stereocenters. The van der Waals surface area contributed by atoms with Crippen LogP contribution in [0.1, 0.15) is 17.3 Å². The van der Waals surface area contributed by atoms with Gasteiger partial charge in [0.15, 0.2) is 0 Å². The van der Waals surface area contributed by atoms with Crippen molar-refractivity contribution in [2.75, 3.05) is 0 Å². The average molecular weight is 265 g/mol. The van der Waals surface area contributed by atoms with E-state index in [0.717, 1.165) is 15.7 Å². The van der Waals surface area contributed by atoms with Crippen molar-refractivity contribution in [2.45, 2.75) is 6.04 Å². The fraction of sp³-hybridized carbons (Fsp3) is 0.100. The molecule has 0 saturated carbocycles. The molecular weight excluding hydrogens is 256 g/mol. The van der Waals surface area contributed by atoms with Gasteiger partial charge in [-0.3, -0.25) is 15.0 Å². The standard InChI is InChI=1S/C10H9BrN4/c11-8-3-7(4-14-5-8)10(12)9-6-13-1-2-15-9/h1-6,10H,12H2. The quantitative estimate of drug-likeness (QED) is 0.897. The third-order valence-corrected chi connectivity index (χ3v) is 2.42. The molecule has 0 bridgehead atoms. The van der Waals surface area contributed by atoms with Crippen LogP contribution in [-0.4, -0.2) is 15.0 Å². The number of aromatic nitrogens is 3. The summed E-state index contributed by atoms with van der Waals surface area (Å²) in [6, 6.07) is 1.63. The van der Waals surface area contributed by atoms with E-state index in [1.54, 1.807) is 31.0 Å². The molecule has 0 aliphatic carbocycles. The first-order valence-corrected chi connectivity index (χ1v) is 5.18. The fourth-order valence-electron chi connectivity index (χ4n) is 1.24. The van der Waals surface area contributed by atoms with Crippen LogP contribution in [0.25, 0.3) is 0 Å². The molecule has 4 nitrogen and oxygen atoms in total. The van der Waals surface area contributed by atoms with Crippen LogP contribution >= 0.6 is 15.9 Å². The lowest BCUT2D eigenvalue weighted by Gasteiger charge is -2.10. The minimum atomic E-state index is -0.288. The van der Waals surface area contributed by atoms with Gasteiger partial charge in [0.2, 0.25) is 0 Å². The van der Waals surface area contributed by atoms with Crippen LogP contribution in [0.2, 0.25) is 0 Å². The summed E-state index contributed by atoms with van der Waals surface area (Å²) in [7, 11) is 0. The van der Waals surface area contributed by atoms with E-state index in [4.69, 9.17) is 5.73 Å². The maximum Gasteiger partial charge on any atom is 0.0799 e. The summed E-state index contributed by atoms with van der Waals surface area (Å²) in [6.45, 7) is 0. The zero-order chi connectivity index (χ0) is 10.7. The number of hydrogen-bond acceptors (Lipinski definition) is 4. The number of hydrogen-bond donors (Lipinski definition) is 1. The number of nitrogens with two attached hydrogens (primary N) is 1. The van der Waals surface area contributed by atoms with Crippen molar-refractivity contribution < 1.29 is 0 Å². The molecule has 0 aliphatic heterocycles. The Bertz CT molecular complexity index is 446. The second-order valence-electron chi connectivity index (χ2n) is 3.04. The molecule has 76 valence electrons. The molecule has 0 fully saturated rings. The topological polar surface area (TPSA) is 64.7 Å². The molecule has 2 heterocycles. The third kappa shape index (κ3) is 2.37. The summed E-state index contributed by atoms with van der Waals surface area (Å²) in [5.41, 5.74) is 7.66. The SMILES string of the molecule is NC(c1cncc(Br)c1)c1cnccn1. The van der Waals surface area contributed by atoms with Gasteiger partial charge in [0, 0.05) is 29.3 Å². The van der Waals surface area contributed by atoms with E-state index < -0.39 is 0 Å². The molecule has 0 aliphatic rings. The van der Waals surface area contributed by atoms with E-state index in [-0.39, 0.29) is 6.04 Å². The Labute approximate surface area is 95.7 Å². The van der Waals surface area contributed by atoms with Crippen LogP contribution in [0.4, 0.5) is 0 Å². The van der Waals surface area contributed by atoms with Gasteiger partial charge in [-0.25, -0.2) is 0 Å². The Morgan fingerprint density at radius 2 is 2.00 bits per heavy atom. The van der Waals surface area contributed by atoms with Crippen molar-refractivity contribution in [3.8, 4) is 0 Å². The fourth-order valence-corrected chi connectivity index (χ4v) is 1.62. The van der Waals surface area contributed by atoms with E-state index in [0.29, 0.717) is 0 Å². The summed E-state index contributed by atoms with van der Waals surface area (Å²) < 4.78 is 0.902. The van der Waals surface area contributed by atoms with Gasteiger partial charge >= 0.3 is 0 Å².